The Morgan fingerprint density at radius 3 is 2.62 bits per heavy atom. The molecule has 0 aliphatic carbocycles. The second-order valence-electron chi connectivity index (χ2n) is 6.40. The van der Waals surface area contributed by atoms with Crippen molar-refractivity contribution >= 4 is 11.7 Å². The Morgan fingerprint density at radius 1 is 1.21 bits per heavy atom. The van der Waals surface area contributed by atoms with Crippen LogP contribution < -0.4 is 4.90 Å². The van der Waals surface area contributed by atoms with Crippen molar-refractivity contribution in [1.82, 2.24) is 19.9 Å². The van der Waals surface area contributed by atoms with E-state index >= 15 is 0 Å². The first-order valence-electron chi connectivity index (χ1n) is 8.33. The zero-order chi connectivity index (χ0) is 16.5. The molecule has 2 aromatic rings. The van der Waals surface area contributed by atoms with Crippen LogP contribution in [0.1, 0.15) is 16.2 Å². The van der Waals surface area contributed by atoms with Gasteiger partial charge in [-0.2, -0.15) is 0 Å². The van der Waals surface area contributed by atoms with Gasteiger partial charge in [0.1, 0.15) is 11.6 Å². The average Bonchev–Trinajstić information content (AvgIpc) is 3.01. The first-order valence-corrected chi connectivity index (χ1v) is 8.33. The Labute approximate surface area is 140 Å². The van der Waals surface area contributed by atoms with E-state index in [2.05, 4.69) is 26.0 Å². The minimum atomic E-state index is -0.0322. The van der Waals surface area contributed by atoms with E-state index in [-0.39, 0.29) is 5.91 Å². The van der Waals surface area contributed by atoms with Gasteiger partial charge in [-0.15, -0.1) is 0 Å². The Morgan fingerprint density at radius 2 is 2.00 bits per heavy atom. The van der Waals surface area contributed by atoms with Crippen LogP contribution in [-0.4, -0.2) is 71.2 Å². The van der Waals surface area contributed by atoms with Gasteiger partial charge in [0.25, 0.3) is 5.91 Å². The fourth-order valence-corrected chi connectivity index (χ4v) is 3.34. The van der Waals surface area contributed by atoms with Crippen molar-refractivity contribution in [2.45, 2.75) is 13.0 Å². The van der Waals surface area contributed by atoms with Crippen LogP contribution in [0, 0.1) is 6.92 Å². The summed E-state index contributed by atoms with van der Waals surface area (Å²) >= 11 is 0. The summed E-state index contributed by atoms with van der Waals surface area (Å²) in [5, 5.41) is 3.81. The van der Waals surface area contributed by atoms with Crippen LogP contribution in [0.25, 0.3) is 0 Å². The molecule has 4 rings (SSSR count). The third kappa shape index (κ3) is 2.87. The molecule has 0 saturated carbocycles. The first-order chi connectivity index (χ1) is 11.7. The van der Waals surface area contributed by atoms with Gasteiger partial charge in [0.2, 0.25) is 0 Å². The van der Waals surface area contributed by atoms with Crippen LogP contribution in [-0.2, 0) is 0 Å². The zero-order valence-corrected chi connectivity index (χ0v) is 13.8. The number of nitrogens with zero attached hydrogens (tertiary/aromatic N) is 5. The molecule has 2 fully saturated rings. The predicted octanol–water partition coefficient (Wildman–Crippen LogP) is 1.02. The highest BCUT2D eigenvalue weighted by Gasteiger charge is 2.37. The monoisotopic (exact) mass is 327 g/mol. The molecule has 1 amide bonds. The molecular formula is C17H21N5O2. The smallest absolute Gasteiger partial charge is 0.276 e. The molecule has 0 aromatic carbocycles. The van der Waals surface area contributed by atoms with Crippen molar-refractivity contribution < 1.29 is 9.32 Å². The van der Waals surface area contributed by atoms with E-state index in [1.54, 1.807) is 13.0 Å². The van der Waals surface area contributed by atoms with E-state index in [1.807, 2.05) is 23.2 Å². The van der Waals surface area contributed by atoms with Crippen LogP contribution in [0.15, 0.2) is 35.0 Å². The average molecular weight is 327 g/mol. The number of pyridine rings is 1. The third-order valence-corrected chi connectivity index (χ3v) is 4.80. The van der Waals surface area contributed by atoms with Crippen molar-refractivity contribution in [1.29, 1.82) is 0 Å². The molecule has 0 atom stereocenters. The van der Waals surface area contributed by atoms with Gasteiger partial charge in [-0.1, -0.05) is 11.2 Å². The van der Waals surface area contributed by atoms with Gasteiger partial charge in [0.05, 0.1) is 0 Å². The van der Waals surface area contributed by atoms with E-state index in [1.165, 1.54) is 0 Å². The lowest BCUT2D eigenvalue weighted by Gasteiger charge is -2.48. The number of piperazine rings is 1. The summed E-state index contributed by atoms with van der Waals surface area (Å²) < 4.78 is 4.98. The molecule has 0 unspecified atom stereocenters. The highest BCUT2D eigenvalue weighted by molar-refractivity contribution is 5.92. The van der Waals surface area contributed by atoms with Gasteiger partial charge < -0.3 is 14.3 Å². The van der Waals surface area contributed by atoms with Gasteiger partial charge in [0, 0.05) is 57.6 Å². The largest absolute Gasteiger partial charge is 0.361 e. The first kappa shape index (κ1) is 15.1. The summed E-state index contributed by atoms with van der Waals surface area (Å²) in [5.41, 5.74) is 0.408. The number of hydrogen-bond donors (Lipinski definition) is 0. The number of carbonyl (C=O) groups excluding carboxylic acids is 1. The second-order valence-corrected chi connectivity index (χ2v) is 6.40. The van der Waals surface area contributed by atoms with Crippen molar-refractivity contribution in [2.24, 2.45) is 0 Å². The Bertz CT molecular complexity index is 703. The van der Waals surface area contributed by atoms with Crippen LogP contribution in [0.5, 0.6) is 0 Å². The normalized spacial score (nSPS) is 19.4. The number of likely N-dealkylation sites (tertiary alicyclic amines) is 1. The molecule has 0 N–H and O–H groups in total. The molecule has 0 radical (unpaired) electrons. The highest BCUT2D eigenvalue weighted by Crippen LogP contribution is 2.21. The lowest BCUT2D eigenvalue weighted by atomic mass is 10.1. The third-order valence-electron chi connectivity index (χ3n) is 4.80. The van der Waals surface area contributed by atoms with Gasteiger partial charge in [-0.05, 0) is 19.1 Å². The number of hydrogen-bond acceptors (Lipinski definition) is 6. The van der Waals surface area contributed by atoms with Gasteiger partial charge >= 0.3 is 0 Å². The lowest BCUT2D eigenvalue weighted by molar-refractivity contribution is 0.0239. The predicted molar refractivity (Wildman–Crippen MR) is 89.0 cm³/mol. The molecule has 4 heterocycles. The molecular weight excluding hydrogens is 306 g/mol. The summed E-state index contributed by atoms with van der Waals surface area (Å²) in [6.07, 6.45) is 1.84. The lowest BCUT2D eigenvalue weighted by Crippen LogP contribution is -2.64. The maximum absolute atomic E-state index is 12.3. The van der Waals surface area contributed by atoms with Gasteiger partial charge in [-0.25, -0.2) is 4.98 Å². The minimum absolute atomic E-state index is 0.0322. The molecule has 7 heteroatoms. The second kappa shape index (κ2) is 6.24. The van der Waals surface area contributed by atoms with E-state index in [0.29, 0.717) is 17.5 Å². The van der Waals surface area contributed by atoms with Crippen LogP contribution in [0.2, 0.25) is 0 Å². The number of amides is 1. The van der Waals surface area contributed by atoms with Crippen LogP contribution >= 0.6 is 0 Å². The maximum atomic E-state index is 12.3. The molecule has 0 bridgehead atoms. The van der Waals surface area contributed by atoms with E-state index in [0.717, 1.165) is 45.1 Å². The topological polar surface area (TPSA) is 65.7 Å². The number of rotatable bonds is 3. The van der Waals surface area contributed by atoms with Gasteiger partial charge in [-0.3, -0.25) is 9.69 Å². The fraction of sp³-hybridized carbons (Fsp3) is 0.471. The maximum Gasteiger partial charge on any atom is 0.276 e. The molecule has 2 aliphatic heterocycles. The molecule has 24 heavy (non-hydrogen) atoms. The standard InChI is InChI=1S/C17H21N5O2/c1-13-10-15(19-24-13)17(23)22-11-14(12-22)20-6-8-21(9-7-20)16-4-2-3-5-18-16/h2-5,10,14H,6-9,11-12H2,1H3. The van der Waals surface area contributed by atoms with E-state index < -0.39 is 0 Å². The number of carbonyl (C=O) groups is 1. The number of aryl methyl sites for hydroxylation is 1. The highest BCUT2D eigenvalue weighted by atomic mass is 16.5. The quantitative estimate of drug-likeness (QED) is 0.839. The van der Waals surface area contributed by atoms with Crippen molar-refractivity contribution in [3.63, 3.8) is 0 Å². The molecule has 126 valence electrons. The molecule has 2 aromatic heterocycles. The van der Waals surface area contributed by atoms with Crippen LogP contribution in [0.3, 0.4) is 0 Å². The SMILES string of the molecule is Cc1cc(C(=O)N2CC(N3CCN(c4ccccn4)CC3)C2)no1. The fourth-order valence-electron chi connectivity index (χ4n) is 3.34. The number of aromatic nitrogens is 2. The molecule has 2 aliphatic rings. The summed E-state index contributed by atoms with van der Waals surface area (Å²) in [6, 6.07) is 8.17. The molecule has 7 nitrogen and oxygen atoms in total. The molecule has 0 spiro atoms. The Kier molecular flexibility index (Phi) is 3.93. The zero-order valence-electron chi connectivity index (χ0n) is 13.8. The summed E-state index contributed by atoms with van der Waals surface area (Å²) in [5.74, 6) is 1.68. The van der Waals surface area contributed by atoms with Gasteiger partial charge in [0.15, 0.2) is 5.69 Å². The number of anilines is 1. The molecule has 2 saturated heterocycles. The van der Waals surface area contributed by atoms with Crippen LogP contribution in [0.4, 0.5) is 5.82 Å². The van der Waals surface area contributed by atoms with E-state index in [9.17, 15) is 4.79 Å². The Balaban J connectivity index is 1.27. The summed E-state index contributed by atoms with van der Waals surface area (Å²) in [7, 11) is 0. The van der Waals surface area contributed by atoms with Crippen molar-refractivity contribution in [3.05, 3.63) is 41.9 Å². The summed E-state index contributed by atoms with van der Waals surface area (Å²) in [6.45, 7) is 7.30. The Hall–Kier alpha value is -2.41. The summed E-state index contributed by atoms with van der Waals surface area (Å²) in [4.78, 5) is 23.3. The van der Waals surface area contributed by atoms with Crippen molar-refractivity contribution in [2.75, 3.05) is 44.2 Å². The minimum Gasteiger partial charge on any atom is -0.361 e. The van der Waals surface area contributed by atoms with Crippen molar-refractivity contribution in [3.8, 4) is 0 Å². The van der Waals surface area contributed by atoms with E-state index in [4.69, 9.17) is 4.52 Å².